The van der Waals surface area contributed by atoms with E-state index in [-0.39, 0.29) is 4.32 Å². The van der Waals surface area contributed by atoms with Crippen molar-refractivity contribution in [3.8, 4) is 5.75 Å². The number of nitrogens with zero attached hydrogens (tertiary/aromatic N) is 1. The van der Waals surface area contributed by atoms with Gasteiger partial charge in [-0.2, -0.15) is 0 Å². The first-order valence-corrected chi connectivity index (χ1v) is 10.9. The van der Waals surface area contributed by atoms with E-state index in [2.05, 4.69) is 90.1 Å². The number of hydrogen-bond donors (Lipinski definition) is 0. The molecule has 0 N–H and O–H groups in total. The molecule has 0 radical (unpaired) electrons. The van der Waals surface area contributed by atoms with Crippen molar-refractivity contribution in [2.75, 3.05) is 18.6 Å². The number of alkyl halides is 1. The first-order chi connectivity index (χ1) is 12.9. The number of aryl methyl sites for hydroxylation is 1. The number of ether oxygens (including phenoxy) is 1. The topological polar surface area (TPSA) is 12.5 Å². The monoisotopic (exact) mass is 431 g/mol. The molecule has 0 unspecified atom stereocenters. The molecule has 0 aliphatic heterocycles. The van der Waals surface area contributed by atoms with Crippen molar-refractivity contribution in [1.82, 2.24) is 0 Å². The van der Waals surface area contributed by atoms with Gasteiger partial charge in [-0.1, -0.05) is 78.5 Å². The van der Waals surface area contributed by atoms with E-state index in [1.807, 2.05) is 0 Å². The van der Waals surface area contributed by atoms with Crippen LogP contribution in [0.4, 0.5) is 5.69 Å². The molecule has 0 saturated carbocycles. The second-order valence-corrected chi connectivity index (χ2v) is 10.0. The highest BCUT2D eigenvalue weighted by atomic mass is 79.9. The lowest BCUT2D eigenvalue weighted by Gasteiger charge is -2.33. The summed E-state index contributed by atoms with van der Waals surface area (Å²) in [6, 6.07) is 17.3. The Bertz CT molecular complexity index is 679. The number of unbranched alkanes of at least 4 members (excludes halogenated alkanes) is 3. The van der Waals surface area contributed by atoms with E-state index in [9.17, 15) is 0 Å². The molecule has 0 aliphatic carbocycles. The molecule has 0 aromatic heterocycles. The Labute approximate surface area is 174 Å². The molecule has 148 valence electrons. The minimum Gasteiger partial charge on any atom is -0.497 e. The highest BCUT2D eigenvalue weighted by Crippen LogP contribution is 2.31. The maximum absolute atomic E-state index is 5.54. The molecule has 2 aromatic carbocycles. The Morgan fingerprint density at radius 1 is 1.00 bits per heavy atom. The van der Waals surface area contributed by atoms with Crippen molar-refractivity contribution in [1.29, 1.82) is 0 Å². The van der Waals surface area contributed by atoms with Gasteiger partial charge in [0.2, 0.25) is 0 Å². The zero-order chi connectivity index (χ0) is 19.7. The minimum absolute atomic E-state index is 0.0321. The highest BCUT2D eigenvalue weighted by Gasteiger charge is 2.21. The van der Waals surface area contributed by atoms with Gasteiger partial charge in [0.05, 0.1) is 7.11 Å². The molecule has 0 aliphatic rings. The lowest BCUT2D eigenvalue weighted by molar-refractivity contribution is 0.414. The van der Waals surface area contributed by atoms with Gasteiger partial charge in [0.15, 0.2) is 0 Å². The largest absolute Gasteiger partial charge is 0.497 e. The van der Waals surface area contributed by atoms with Crippen LogP contribution in [-0.4, -0.2) is 18.0 Å². The lowest BCUT2D eigenvalue weighted by Crippen LogP contribution is -2.35. The third-order valence-electron chi connectivity index (χ3n) is 4.72. The maximum Gasteiger partial charge on any atom is 0.120 e. The van der Waals surface area contributed by atoms with Crippen LogP contribution in [0.15, 0.2) is 48.5 Å². The Hall–Kier alpha value is -1.48. The summed E-state index contributed by atoms with van der Waals surface area (Å²) >= 11 is 3.85. The molecule has 0 heterocycles. The van der Waals surface area contributed by atoms with Gasteiger partial charge in [-0.15, -0.1) is 0 Å². The normalized spacial score (nSPS) is 11.4. The summed E-state index contributed by atoms with van der Waals surface area (Å²) in [6.07, 6.45) is 6.24. The molecule has 2 rings (SSSR count). The first-order valence-electron chi connectivity index (χ1n) is 10.1. The second-order valence-electron chi connectivity index (χ2n) is 7.87. The molecule has 0 saturated heterocycles. The van der Waals surface area contributed by atoms with Crippen LogP contribution in [0.25, 0.3) is 0 Å². The van der Waals surface area contributed by atoms with Crippen molar-refractivity contribution in [3.05, 3.63) is 59.7 Å². The van der Waals surface area contributed by atoms with E-state index in [1.165, 1.54) is 42.5 Å². The van der Waals surface area contributed by atoms with E-state index >= 15 is 0 Å². The molecular weight excluding hydrogens is 398 g/mol. The minimum atomic E-state index is 0.0321. The average Bonchev–Trinajstić information content (AvgIpc) is 2.64. The van der Waals surface area contributed by atoms with Crippen molar-refractivity contribution in [2.24, 2.45) is 0 Å². The van der Waals surface area contributed by atoms with Gasteiger partial charge in [0.25, 0.3) is 0 Å². The highest BCUT2D eigenvalue weighted by molar-refractivity contribution is 9.10. The van der Waals surface area contributed by atoms with Crippen molar-refractivity contribution in [2.45, 2.75) is 63.7 Å². The van der Waals surface area contributed by atoms with Crippen molar-refractivity contribution in [3.63, 3.8) is 0 Å². The molecule has 0 bridgehead atoms. The molecule has 0 spiro atoms. The predicted molar refractivity (Wildman–Crippen MR) is 121 cm³/mol. The van der Waals surface area contributed by atoms with Gasteiger partial charge in [-0.3, -0.25) is 0 Å². The number of anilines is 1. The third kappa shape index (κ3) is 7.57. The maximum atomic E-state index is 5.54. The SMILES string of the molecule is CCCCCCc1ccc(OC)cc1N(Cc1ccccc1)CC(C)(C)Br. The fraction of sp³-hybridized carbons (Fsp3) is 0.500. The van der Waals surface area contributed by atoms with E-state index in [1.54, 1.807) is 7.11 Å². The van der Waals surface area contributed by atoms with E-state index in [0.717, 1.165) is 25.3 Å². The zero-order valence-corrected chi connectivity index (χ0v) is 18.9. The molecular formula is C24H34BrNO. The molecule has 2 aromatic rings. The molecule has 3 heteroatoms. The van der Waals surface area contributed by atoms with Gasteiger partial charge in [0, 0.05) is 29.2 Å². The van der Waals surface area contributed by atoms with Gasteiger partial charge >= 0.3 is 0 Å². The van der Waals surface area contributed by atoms with Crippen LogP contribution in [0.2, 0.25) is 0 Å². The summed E-state index contributed by atoms with van der Waals surface area (Å²) in [5, 5.41) is 0. The fourth-order valence-electron chi connectivity index (χ4n) is 3.40. The summed E-state index contributed by atoms with van der Waals surface area (Å²) in [5.41, 5.74) is 4.04. The van der Waals surface area contributed by atoms with E-state index in [0.29, 0.717) is 0 Å². The van der Waals surface area contributed by atoms with Gasteiger partial charge in [-0.05, 0) is 43.9 Å². The molecule has 0 fully saturated rings. The predicted octanol–water partition coefficient (Wildman–Crippen LogP) is 7.00. The standard InChI is InChI=1S/C24H34BrNO/c1-5-6-7-11-14-21-15-16-22(27-4)17-23(21)26(19-24(2,3)25)18-20-12-9-8-10-13-20/h8-10,12-13,15-17H,5-7,11,14,18-19H2,1-4H3. The molecule has 0 amide bonds. The van der Waals surface area contributed by atoms with Crippen molar-refractivity contribution < 1.29 is 4.74 Å². The fourth-order valence-corrected chi connectivity index (χ4v) is 3.71. The summed E-state index contributed by atoms with van der Waals surface area (Å²) in [4.78, 5) is 2.49. The Morgan fingerprint density at radius 3 is 2.37 bits per heavy atom. The van der Waals surface area contributed by atoms with Crippen LogP contribution in [0.3, 0.4) is 0 Å². The van der Waals surface area contributed by atoms with Crippen LogP contribution < -0.4 is 9.64 Å². The van der Waals surface area contributed by atoms with Gasteiger partial charge in [-0.25, -0.2) is 0 Å². The van der Waals surface area contributed by atoms with Crippen LogP contribution in [0.5, 0.6) is 5.75 Å². The average molecular weight is 432 g/mol. The quantitative estimate of drug-likeness (QED) is 0.280. The van der Waals surface area contributed by atoms with Crippen LogP contribution >= 0.6 is 15.9 Å². The lowest BCUT2D eigenvalue weighted by atomic mass is 10.0. The van der Waals surface area contributed by atoms with Crippen LogP contribution in [0.1, 0.15) is 57.6 Å². The number of benzene rings is 2. The Balaban J connectivity index is 2.32. The van der Waals surface area contributed by atoms with E-state index < -0.39 is 0 Å². The van der Waals surface area contributed by atoms with Crippen LogP contribution in [0, 0.1) is 0 Å². The van der Waals surface area contributed by atoms with Crippen LogP contribution in [-0.2, 0) is 13.0 Å². The summed E-state index contributed by atoms with van der Waals surface area (Å²) in [7, 11) is 1.75. The second kappa shape index (κ2) is 10.8. The van der Waals surface area contributed by atoms with Crippen molar-refractivity contribution >= 4 is 21.6 Å². The number of methoxy groups -OCH3 is 1. The molecule has 2 nitrogen and oxygen atoms in total. The molecule has 0 atom stereocenters. The first kappa shape index (κ1) is 21.8. The smallest absolute Gasteiger partial charge is 0.120 e. The van der Waals surface area contributed by atoms with Gasteiger partial charge < -0.3 is 9.64 Å². The third-order valence-corrected chi connectivity index (χ3v) is 4.97. The Morgan fingerprint density at radius 2 is 1.74 bits per heavy atom. The summed E-state index contributed by atoms with van der Waals surface area (Å²) in [5.74, 6) is 0.924. The molecule has 27 heavy (non-hydrogen) atoms. The number of hydrogen-bond acceptors (Lipinski definition) is 2. The number of rotatable bonds is 11. The summed E-state index contributed by atoms with van der Waals surface area (Å²) < 4.78 is 5.58. The summed E-state index contributed by atoms with van der Waals surface area (Å²) in [6.45, 7) is 8.54. The van der Waals surface area contributed by atoms with Gasteiger partial charge in [0.1, 0.15) is 5.75 Å². The Kier molecular flexibility index (Phi) is 8.69. The van der Waals surface area contributed by atoms with E-state index in [4.69, 9.17) is 4.74 Å². The number of halogens is 1. The zero-order valence-electron chi connectivity index (χ0n) is 17.3.